The molecule has 0 spiro atoms. The summed E-state index contributed by atoms with van der Waals surface area (Å²) < 4.78 is 5.23. The highest BCUT2D eigenvalue weighted by Gasteiger charge is 2.08. The second kappa shape index (κ2) is 5.52. The lowest BCUT2D eigenvalue weighted by molar-refractivity contribution is 0.417. The second-order valence-corrected chi connectivity index (χ2v) is 4.46. The molecule has 0 atom stereocenters. The summed E-state index contributed by atoms with van der Waals surface area (Å²) in [5.41, 5.74) is 9.63. The molecule has 0 aromatic heterocycles. The van der Waals surface area contributed by atoms with Crippen molar-refractivity contribution in [2.24, 2.45) is 0 Å². The Balaban J connectivity index is 2.37. The zero-order valence-corrected chi connectivity index (χ0v) is 11.5. The maximum atomic E-state index is 6.07. The summed E-state index contributed by atoms with van der Waals surface area (Å²) in [6.07, 6.45) is 0. The Morgan fingerprint density at radius 3 is 2.37 bits per heavy atom. The lowest BCUT2D eigenvalue weighted by Gasteiger charge is -2.19. The van der Waals surface area contributed by atoms with E-state index in [1.807, 2.05) is 50.5 Å². The first-order valence-electron chi connectivity index (χ1n) is 6.09. The molecule has 19 heavy (non-hydrogen) atoms. The van der Waals surface area contributed by atoms with Crippen molar-refractivity contribution >= 4 is 22.7 Å². The number of rotatable bonds is 4. The van der Waals surface area contributed by atoms with Crippen molar-refractivity contribution in [1.29, 1.82) is 0 Å². The number of anilines is 4. The van der Waals surface area contributed by atoms with Gasteiger partial charge in [0.25, 0.3) is 0 Å². The van der Waals surface area contributed by atoms with Crippen LogP contribution < -0.4 is 20.7 Å². The van der Waals surface area contributed by atoms with Gasteiger partial charge in [0, 0.05) is 14.1 Å². The third-order valence-electron chi connectivity index (χ3n) is 2.94. The predicted octanol–water partition coefficient (Wildman–Crippen LogP) is 3.09. The van der Waals surface area contributed by atoms with E-state index in [4.69, 9.17) is 10.5 Å². The molecule has 0 heterocycles. The molecule has 0 unspecified atom stereocenters. The van der Waals surface area contributed by atoms with E-state index < -0.39 is 0 Å². The molecule has 3 N–H and O–H groups in total. The summed E-state index contributed by atoms with van der Waals surface area (Å²) in [6, 6.07) is 13.8. The zero-order valence-electron chi connectivity index (χ0n) is 11.5. The molecule has 0 aliphatic rings. The van der Waals surface area contributed by atoms with Crippen LogP contribution in [0.4, 0.5) is 22.7 Å². The van der Waals surface area contributed by atoms with Crippen LogP contribution in [0.1, 0.15) is 0 Å². The molecule has 4 nitrogen and oxygen atoms in total. The smallest absolute Gasteiger partial charge is 0.143 e. The molecule has 0 saturated heterocycles. The van der Waals surface area contributed by atoms with Crippen LogP contribution in [0, 0.1) is 0 Å². The van der Waals surface area contributed by atoms with Gasteiger partial charge in [-0.3, -0.25) is 0 Å². The van der Waals surface area contributed by atoms with E-state index in [9.17, 15) is 0 Å². The number of nitrogens with zero attached hydrogens (tertiary/aromatic N) is 1. The molecule has 0 amide bonds. The van der Waals surface area contributed by atoms with Crippen molar-refractivity contribution in [2.75, 3.05) is 37.2 Å². The van der Waals surface area contributed by atoms with Crippen LogP contribution in [0.2, 0.25) is 0 Å². The number of hydrogen-bond acceptors (Lipinski definition) is 4. The first-order valence-corrected chi connectivity index (χ1v) is 6.09. The number of hydrogen-bond donors (Lipinski definition) is 2. The van der Waals surface area contributed by atoms with Gasteiger partial charge >= 0.3 is 0 Å². The minimum absolute atomic E-state index is 0.610. The summed E-state index contributed by atoms with van der Waals surface area (Å²) in [4.78, 5) is 2.05. The van der Waals surface area contributed by atoms with Gasteiger partial charge in [0.1, 0.15) is 5.75 Å². The Morgan fingerprint density at radius 1 is 1.00 bits per heavy atom. The predicted molar refractivity (Wildman–Crippen MR) is 81.5 cm³/mol. The largest absolute Gasteiger partial charge is 0.495 e. The molecule has 2 aromatic rings. The highest BCUT2D eigenvalue weighted by Crippen LogP contribution is 2.34. The number of nitrogens with one attached hydrogen (secondary N) is 1. The Morgan fingerprint density at radius 2 is 1.68 bits per heavy atom. The van der Waals surface area contributed by atoms with Gasteiger partial charge in [-0.2, -0.15) is 0 Å². The fourth-order valence-electron chi connectivity index (χ4n) is 1.95. The Bertz CT molecular complexity index is 567. The average Bonchev–Trinajstić information content (AvgIpc) is 2.41. The van der Waals surface area contributed by atoms with Crippen LogP contribution in [0.15, 0.2) is 42.5 Å². The lowest BCUT2D eigenvalue weighted by Crippen LogP contribution is -2.11. The number of benzene rings is 2. The minimum atomic E-state index is 0.610. The average molecular weight is 257 g/mol. The zero-order chi connectivity index (χ0) is 13.8. The van der Waals surface area contributed by atoms with E-state index in [1.54, 1.807) is 7.11 Å². The van der Waals surface area contributed by atoms with Gasteiger partial charge in [-0.1, -0.05) is 18.2 Å². The van der Waals surface area contributed by atoms with Crippen molar-refractivity contribution < 1.29 is 4.74 Å². The first-order chi connectivity index (χ1) is 9.13. The molecule has 0 fully saturated rings. The van der Waals surface area contributed by atoms with E-state index in [-0.39, 0.29) is 0 Å². The van der Waals surface area contributed by atoms with Crippen LogP contribution in [0.5, 0.6) is 5.75 Å². The van der Waals surface area contributed by atoms with E-state index in [0.717, 1.165) is 17.1 Å². The molecule has 0 bridgehead atoms. The van der Waals surface area contributed by atoms with Crippen molar-refractivity contribution in [2.45, 2.75) is 0 Å². The fraction of sp³-hybridized carbons (Fsp3) is 0.200. The van der Waals surface area contributed by atoms with Crippen molar-refractivity contribution in [3.8, 4) is 5.75 Å². The van der Waals surface area contributed by atoms with Crippen LogP contribution in [0.25, 0.3) is 0 Å². The maximum Gasteiger partial charge on any atom is 0.143 e. The van der Waals surface area contributed by atoms with E-state index in [0.29, 0.717) is 11.4 Å². The van der Waals surface area contributed by atoms with Gasteiger partial charge in [0.2, 0.25) is 0 Å². The molecule has 2 aromatic carbocycles. The molecule has 0 radical (unpaired) electrons. The summed E-state index contributed by atoms with van der Waals surface area (Å²) >= 11 is 0. The Kier molecular flexibility index (Phi) is 3.80. The van der Waals surface area contributed by atoms with Crippen molar-refractivity contribution in [3.05, 3.63) is 42.5 Å². The molecule has 0 aliphatic heterocycles. The number of ether oxygens (including phenoxy) is 1. The SMILES string of the molecule is COc1cccc(Nc2ccccc2N(C)C)c1N. The third-order valence-corrected chi connectivity index (χ3v) is 2.94. The topological polar surface area (TPSA) is 50.5 Å². The molecule has 2 rings (SSSR count). The molecular weight excluding hydrogens is 238 g/mol. The Hall–Kier alpha value is -2.36. The number of nitrogens with two attached hydrogens (primary N) is 1. The van der Waals surface area contributed by atoms with Crippen LogP contribution >= 0.6 is 0 Å². The van der Waals surface area contributed by atoms with Gasteiger partial charge < -0.3 is 20.7 Å². The molecule has 100 valence electrons. The maximum absolute atomic E-state index is 6.07. The van der Waals surface area contributed by atoms with Gasteiger partial charge in [0.15, 0.2) is 0 Å². The van der Waals surface area contributed by atoms with Gasteiger partial charge in [0.05, 0.1) is 29.9 Å². The summed E-state index contributed by atoms with van der Waals surface area (Å²) in [5.74, 6) is 0.673. The molecule has 0 aliphatic carbocycles. The fourth-order valence-corrected chi connectivity index (χ4v) is 1.95. The van der Waals surface area contributed by atoms with Gasteiger partial charge in [-0.05, 0) is 24.3 Å². The van der Waals surface area contributed by atoms with Gasteiger partial charge in [-0.15, -0.1) is 0 Å². The van der Waals surface area contributed by atoms with E-state index >= 15 is 0 Å². The highest BCUT2D eigenvalue weighted by atomic mass is 16.5. The normalized spacial score (nSPS) is 10.1. The van der Waals surface area contributed by atoms with E-state index in [1.165, 1.54) is 0 Å². The van der Waals surface area contributed by atoms with Gasteiger partial charge in [-0.25, -0.2) is 0 Å². The monoisotopic (exact) mass is 257 g/mol. The molecular formula is C15H19N3O. The lowest BCUT2D eigenvalue weighted by atomic mass is 10.2. The van der Waals surface area contributed by atoms with Crippen LogP contribution in [-0.2, 0) is 0 Å². The number of para-hydroxylation sites is 3. The third kappa shape index (κ3) is 2.73. The molecule has 0 saturated carbocycles. The quantitative estimate of drug-likeness (QED) is 0.826. The van der Waals surface area contributed by atoms with Crippen LogP contribution in [-0.4, -0.2) is 21.2 Å². The number of nitrogen functional groups attached to an aromatic ring is 1. The Labute approximate surface area is 113 Å². The first kappa shape index (κ1) is 13.1. The summed E-state index contributed by atoms with van der Waals surface area (Å²) in [5, 5.41) is 3.35. The van der Waals surface area contributed by atoms with E-state index in [2.05, 4.69) is 16.3 Å². The summed E-state index contributed by atoms with van der Waals surface area (Å²) in [7, 11) is 5.63. The molecule has 4 heteroatoms. The number of methoxy groups -OCH3 is 1. The summed E-state index contributed by atoms with van der Waals surface area (Å²) in [6.45, 7) is 0. The minimum Gasteiger partial charge on any atom is -0.495 e. The second-order valence-electron chi connectivity index (χ2n) is 4.46. The van der Waals surface area contributed by atoms with Crippen molar-refractivity contribution in [1.82, 2.24) is 0 Å². The highest BCUT2D eigenvalue weighted by molar-refractivity contribution is 5.82. The standard InChI is InChI=1S/C15H19N3O/c1-18(2)13-9-5-4-7-11(13)17-12-8-6-10-14(19-3)15(12)16/h4-10,17H,16H2,1-3H3. The van der Waals surface area contributed by atoms with Crippen LogP contribution in [0.3, 0.4) is 0 Å². The van der Waals surface area contributed by atoms with Crippen molar-refractivity contribution in [3.63, 3.8) is 0 Å².